The van der Waals surface area contributed by atoms with E-state index in [-0.39, 0.29) is 10.9 Å². The predicted octanol–water partition coefficient (Wildman–Crippen LogP) is 1.38. The lowest BCUT2D eigenvalue weighted by molar-refractivity contribution is -0.386. The fourth-order valence-corrected chi connectivity index (χ4v) is 1.72. The number of hydrogen-bond acceptors (Lipinski definition) is 4. The van der Waals surface area contributed by atoms with Crippen LogP contribution in [0.2, 0.25) is 0 Å². The van der Waals surface area contributed by atoms with E-state index in [0.717, 1.165) is 6.20 Å². The minimum absolute atomic E-state index is 0.0302. The fourth-order valence-electron chi connectivity index (χ4n) is 1.25. The molecule has 0 saturated carbocycles. The molecule has 0 aromatic carbocycles. The van der Waals surface area contributed by atoms with Crippen LogP contribution in [-0.2, 0) is 11.3 Å². The first-order chi connectivity index (χ1) is 7.91. The molecule has 0 aliphatic carbocycles. The van der Waals surface area contributed by atoms with Gasteiger partial charge in [-0.2, -0.15) is 0 Å². The molecule has 1 N–H and O–H groups in total. The number of aliphatic carboxylic acids is 1. The molecule has 0 unspecified atom stereocenters. The van der Waals surface area contributed by atoms with Crippen molar-refractivity contribution in [3.63, 3.8) is 0 Å². The lowest BCUT2D eigenvalue weighted by Crippen LogP contribution is -2.13. The Kier molecular flexibility index (Phi) is 4.38. The normalized spacial score (nSPS) is 10.2. The quantitative estimate of drug-likeness (QED) is 0.654. The molecule has 7 nitrogen and oxygen atoms in total. The second kappa shape index (κ2) is 5.58. The number of nitro groups is 1. The van der Waals surface area contributed by atoms with Crippen LogP contribution in [0.25, 0.3) is 0 Å². The third kappa shape index (κ3) is 3.66. The van der Waals surface area contributed by atoms with E-state index in [2.05, 4.69) is 15.9 Å². The van der Waals surface area contributed by atoms with Crippen molar-refractivity contribution in [3.8, 4) is 0 Å². The summed E-state index contributed by atoms with van der Waals surface area (Å²) in [4.78, 5) is 31.5. The van der Waals surface area contributed by atoms with Gasteiger partial charge in [0.15, 0.2) is 0 Å². The summed E-state index contributed by atoms with van der Waals surface area (Å²) in [5, 5.41) is 19.0. The lowest BCUT2D eigenvalue weighted by Gasteiger charge is -2.05. The molecule has 1 rings (SSSR count). The van der Waals surface area contributed by atoms with Gasteiger partial charge in [-0.15, -0.1) is 0 Å². The summed E-state index contributed by atoms with van der Waals surface area (Å²) >= 11 is 2.93. The highest BCUT2D eigenvalue weighted by atomic mass is 79.9. The van der Waals surface area contributed by atoms with Crippen LogP contribution in [0.5, 0.6) is 0 Å². The van der Waals surface area contributed by atoms with Gasteiger partial charge in [0.2, 0.25) is 0 Å². The number of hydrogen-bond donors (Lipinski definition) is 1. The molecule has 1 heterocycles. The average molecular weight is 305 g/mol. The van der Waals surface area contributed by atoms with E-state index < -0.39 is 22.0 Å². The van der Waals surface area contributed by atoms with E-state index in [4.69, 9.17) is 5.11 Å². The van der Waals surface area contributed by atoms with Crippen molar-refractivity contribution in [2.24, 2.45) is 0 Å². The summed E-state index contributed by atoms with van der Waals surface area (Å²) in [5.41, 5.74) is -1.22. The second-order valence-corrected chi connectivity index (χ2v) is 4.17. The Balaban J connectivity index is 2.91. The van der Waals surface area contributed by atoms with Gasteiger partial charge in [-0.3, -0.25) is 19.7 Å². The summed E-state index contributed by atoms with van der Waals surface area (Å²) < 4.78 is 1.51. The van der Waals surface area contributed by atoms with Crippen LogP contribution in [0, 0.1) is 10.1 Å². The van der Waals surface area contributed by atoms with Crippen molar-refractivity contribution in [2.45, 2.75) is 19.4 Å². The molecule has 0 amide bonds. The van der Waals surface area contributed by atoms with Gasteiger partial charge in [-0.25, -0.2) is 0 Å². The van der Waals surface area contributed by atoms with Crippen molar-refractivity contribution >= 4 is 27.6 Å². The van der Waals surface area contributed by atoms with Crippen LogP contribution >= 0.6 is 15.9 Å². The predicted molar refractivity (Wildman–Crippen MR) is 61.9 cm³/mol. The average Bonchev–Trinajstić information content (AvgIpc) is 2.22. The van der Waals surface area contributed by atoms with E-state index in [1.165, 1.54) is 10.8 Å². The van der Waals surface area contributed by atoms with Gasteiger partial charge in [-0.1, -0.05) is 0 Å². The third-order valence-corrected chi connectivity index (χ3v) is 2.59. The van der Waals surface area contributed by atoms with E-state index in [1.54, 1.807) is 0 Å². The molecule has 8 heteroatoms. The van der Waals surface area contributed by atoms with E-state index in [1.807, 2.05) is 0 Å². The highest BCUT2D eigenvalue weighted by Crippen LogP contribution is 2.11. The minimum atomic E-state index is -0.931. The summed E-state index contributed by atoms with van der Waals surface area (Å²) in [6, 6.07) is 0. The summed E-state index contributed by atoms with van der Waals surface area (Å²) in [5.74, 6) is -0.931. The maximum absolute atomic E-state index is 11.3. The smallest absolute Gasteiger partial charge is 0.333 e. The van der Waals surface area contributed by atoms with E-state index in [9.17, 15) is 19.7 Å². The maximum atomic E-state index is 11.3. The molecule has 17 heavy (non-hydrogen) atoms. The van der Waals surface area contributed by atoms with Crippen molar-refractivity contribution in [1.82, 2.24) is 4.57 Å². The Bertz CT molecular complexity index is 511. The number of halogens is 1. The molecular weight excluding hydrogens is 296 g/mol. The van der Waals surface area contributed by atoms with Gasteiger partial charge in [0.1, 0.15) is 0 Å². The number of carbonyl (C=O) groups is 1. The number of pyridine rings is 1. The lowest BCUT2D eigenvalue weighted by atomic mass is 10.3. The van der Waals surface area contributed by atoms with E-state index >= 15 is 0 Å². The molecule has 0 fully saturated rings. The van der Waals surface area contributed by atoms with Gasteiger partial charge < -0.3 is 9.67 Å². The molecule has 0 saturated heterocycles. The Labute approximate surface area is 104 Å². The number of carboxylic acids is 1. The Morgan fingerprint density at radius 2 is 2.18 bits per heavy atom. The zero-order valence-corrected chi connectivity index (χ0v) is 10.2. The summed E-state index contributed by atoms with van der Waals surface area (Å²) in [6.45, 7) is 0.298. The number of rotatable bonds is 5. The third-order valence-electron chi connectivity index (χ3n) is 2.02. The second-order valence-electron chi connectivity index (χ2n) is 3.31. The van der Waals surface area contributed by atoms with Gasteiger partial charge in [0, 0.05) is 19.2 Å². The Morgan fingerprint density at radius 3 is 2.71 bits per heavy atom. The van der Waals surface area contributed by atoms with Crippen molar-refractivity contribution in [3.05, 3.63) is 37.2 Å². The monoisotopic (exact) mass is 304 g/mol. The zero-order valence-electron chi connectivity index (χ0n) is 8.63. The highest BCUT2D eigenvalue weighted by Gasteiger charge is 2.15. The Hall–Kier alpha value is -1.70. The molecule has 1 aromatic rings. The highest BCUT2D eigenvalue weighted by molar-refractivity contribution is 9.10. The molecule has 0 aliphatic heterocycles. The van der Waals surface area contributed by atoms with Gasteiger partial charge in [-0.05, 0) is 22.4 Å². The number of nitrogens with zero attached hydrogens (tertiary/aromatic N) is 2. The van der Waals surface area contributed by atoms with Crippen molar-refractivity contribution in [2.75, 3.05) is 0 Å². The topological polar surface area (TPSA) is 102 Å². The van der Waals surface area contributed by atoms with Crippen molar-refractivity contribution in [1.29, 1.82) is 0 Å². The van der Waals surface area contributed by atoms with Crippen LogP contribution in [0.4, 0.5) is 5.69 Å². The number of aryl methyl sites for hydroxylation is 1. The summed E-state index contributed by atoms with van der Waals surface area (Å²) in [6.07, 6.45) is 2.81. The molecule has 0 radical (unpaired) electrons. The first kappa shape index (κ1) is 13.4. The van der Waals surface area contributed by atoms with Gasteiger partial charge in [0.05, 0.1) is 15.6 Å². The molecule has 1 aromatic heterocycles. The van der Waals surface area contributed by atoms with Crippen LogP contribution in [0.3, 0.4) is 0 Å². The van der Waals surface area contributed by atoms with E-state index in [0.29, 0.717) is 13.0 Å². The van der Waals surface area contributed by atoms with Gasteiger partial charge >= 0.3 is 11.7 Å². The molecule has 0 aliphatic rings. The number of aromatic nitrogens is 1. The molecule has 0 atom stereocenters. The number of carboxylic acid groups (broad SMARTS) is 1. The van der Waals surface area contributed by atoms with Crippen LogP contribution in [-0.4, -0.2) is 20.6 Å². The standard InChI is InChI=1S/C9H9BrN2O5/c10-6-4-11(3-1-2-8(13)14)5-7(9(6)15)12(16)17/h4-5H,1-3H2,(H,13,14). The largest absolute Gasteiger partial charge is 0.481 e. The van der Waals surface area contributed by atoms with Crippen LogP contribution in [0.1, 0.15) is 12.8 Å². The molecule has 92 valence electrons. The Morgan fingerprint density at radius 1 is 1.53 bits per heavy atom. The first-order valence-electron chi connectivity index (χ1n) is 4.67. The zero-order chi connectivity index (χ0) is 13.0. The maximum Gasteiger partial charge on any atom is 0.333 e. The van der Waals surface area contributed by atoms with Crippen LogP contribution in [0.15, 0.2) is 21.7 Å². The molecule has 0 bridgehead atoms. The van der Waals surface area contributed by atoms with Crippen LogP contribution < -0.4 is 5.43 Å². The fraction of sp³-hybridized carbons (Fsp3) is 0.333. The van der Waals surface area contributed by atoms with Crippen molar-refractivity contribution < 1.29 is 14.8 Å². The van der Waals surface area contributed by atoms with Gasteiger partial charge in [0.25, 0.3) is 5.43 Å². The SMILES string of the molecule is O=C(O)CCCn1cc(Br)c(=O)c([N+](=O)[O-])c1. The molecular formula is C9H9BrN2O5. The molecule has 0 spiro atoms. The first-order valence-corrected chi connectivity index (χ1v) is 5.47. The minimum Gasteiger partial charge on any atom is -0.481 e. The summed E-state index contributed by atoms with van der Waals surface area (Å²) in [7, 11) is 0.